The van der Waals surface area contributed by atoms with E-state index in [0.29, 0.717) is 39.2 Å². The number of hydrogen-bond acceptors (Lipinski definition) is 5. The topological polar surface area (TPSA) is 96.7 Å². The van der Waals surface area contributed by atoms with Crippen molar-refractivity contribution in [2.75, 3.05) is 26.2 Å². The molecule has 1 aromatic rings. The van der Waals surface area contributed by atoms with Crippen LogP contribution in [-0.2, 0) is 24.1 Å². The van der Waals surface area contributed by atoms with Crippen LogP contribution in [0.4, 0.5) is 4.79 Å². The number of carbonyl (C=O) groups is 2. The molecule has 1 saturated heterocycles. The van der Waals surface area contributed by atoms with Gasteiger partial charge in [-0.2, -0.15) is 5.10 Å². The Bertz CT molecular complexity index is 613. The molecule has 1 fully saturated rings. The Balaban J connectivity index is 1.60. The Morgan fingerprint density at radius 2 is 2.35 bits per heavy atom. The summed E-state index contributed by atoms with van der Waals surface area (Å²) in [5.41, 5.74) is 2.08. The van der Waals surface area contributed by atoms with E-state index in [2.05, 4.69) is 10.4 Å². The monoisotopic (exact) mass is 322 g/mol. The highest BCUT2D eigenvalue weighted by Gasteiger charge is 2.29. The minimum absolute atomic E-state index is 0.177. The number of aryl methyl sites for hydroxylation is 1. The van der Waals surface area contributed by atoms with Crippen LogP contribution >= 0.6 is 0 Å². The first-order valence-corrected chi connectivity index (χ1v) is 8.07. The number of amides is 1. The van der Waals surface area contributed by atoms with Crippen molar-refractivity contribution in [2.45, 2.75) is 38.8 Å². The number of rotatable bonds is 6. The number of carboxylic acids is 1. The molecular weight excluding hydrogens is 300 g/mol. The minimum atomic E-state index is -0.964. The van der Waals surface area contributed by atoms with Crippen LogP contribution in [0, 0.1) is 0 Å². The molecule has 2 N–H and O–H groups in total. The molecule has 0 radical (unpaired) electrons. The van der Waals surface area contributed by atoms with E-state index in [9.17, 15) is 14.7 Å². The second-order valence-electron chi connectivity index (χ2n) is 5.89. The lowest BCUT2D eigenvalue weighted by Gasteiger charge is -2.25. The van der Waals surface area contributed by atoms with E-state index >= 15 is 0 Å². The van der Waals surface area contributed by atoms with Gasteiger partial charge >= 0.3 is 12.1 Å². The summed E-state index contributed by atoms with van der Waals surface area (Å²) in [5, 5.41) is 17.0. The number of nitrogens with one attached hydrogen (secondary N) is 1. The van der Waals surface area contributed by atoms with Crippen molar-refractivity contribution in [1.82, 2.24) is 20.0 Å². The number of fused-ring (bicyclic) bond motifs is 1. The Labute approximate surface area is 134 Å². The number of hydrogen-bond donors (Lipinski definition) is 2. The van der Waals surface area contributed by atoms with Gasteiger partial charge in [0.15, 0.2) is 5.69 Å². The molecule has 23 heavy (non-hydrogen) atoms. The van der Waals surface area contributed by atoms with Gasteiger partial charge in [0.2, 0.25) is 0 Å². The van der Waals surface area contributed by atoms with Crippen molar-refractivity contribution in [3.05, 3.63) is 17.0 Å². The van der Waals surface area contributed by atoms with Gasteiger partial charge in [0.25, 0.3) is 0 Å². The van der Waals surface area contributed by atoms with Gasteiger partial charge in [-0.05, 0) is 26.2 Å². The number of carbonyl (C=O) groups excluding carboxylic acids is 1. The molecule has 126 valence electrons. The fourth-order valence-electron chi connectivity index (χ4n) is 3.33. The number of nitrogens with zero attached hydrogens (tertiary/aromatic N) is 3. The van der Waals surface area contributed by atoms with Crippen molar-refractivity contribution in [2.24, 2.45) is 0 Å². The Kier molecular flexibility index (Phi) is 4.51. The zero-order valence-electron chi connectivity index (χ0n) is 13.2. The molecule has 8 nitrogen and oxygen atoms in total. The van der Waals surface area contributed by atoms with Gasteiger partial charge < -0.3 is 20.1 Å². The molecule has 1 aliphatic carbocycles. The third-order valence-corrected chi connectivity index (χ3v) is 4.51. The van der Waals surface area contributed by atoms with Crippen LogP contribution in [0.1, 0.15) is 35.1 Å². The summed E-state index contributed by atoms with van der Waals surface area (Å²) in [7, 11) is 0. The van der Waals surface area contributed by atoms with E-state index in [1.165, 1.54) is 0 Å². The summed E-state index contributed by atoms with van der Waals surface area (Å²) in [6.07, 6.45) is 2.19. The smallest absolute Gasteiger partial charge is 0.409 e. The zero-order chi connectivity index (χ0) is 16.4. The fraction of sp³-hybridized carbons (Fsp3) is 0.667. The molecule has 2 heterocycles. The highest BCUT2D eigenvalue weighted by atomic mass is 16.6. The van der Waals surface area contributed by atoms with Gasteiger partial charge in [-0.1, -0.05) is 0 Å². The molecule has 0 spiro atoms. The van der Waals surface area contributed by atoms with Crippen LogP contribution in [-0.4, -0.2) is 64.1 Å². The number of cyclic esters (lactones) is 1. The van der Waals surface area contributed by atoms with Crippen LogP contribution in [0.5, 0.6) is 0 Å². The first kappa shape index (κ1) is 15.8. The first-order valence-electron chi connectivity index (χ1n) is 8.07. The van der Waals surface area contributed by atoms with E-state index in [-0.39, 0.29) is 17.8 Å². The van der Waals surface area contributed by atoms with Crippen LogP contribution in [0.3, 0.4) is 0 Å². The number of aromatic carboxylic acids is 1. The number of carboxylic acid groups (broad SMARTS) is 1. The summed E-state index contributed by atoms with van der Waals surface area (Å²) < 4.78 is 6.70. The highest BCUT2D eigenvalue weighted by molar-refractivity contribution is 5.87. The molecule has 0 bridgehead atoms. The Morgan fingerprint density at radius 1 is 1.52 bits per heavy atom. The highest BCUT2D eigenvalue weighted by Crippen LogP contribution is 2.25. The van der Waals surface area contributed by atoms with Gasteiger partial charge in [0.05, 0.1) is 6.54 Å². The average molecular weight is 322 g/mol. The molecule has 1 amide bonds. The van der Waals surface area contributed by atoms with Crippen molar-refractivity contribution in [3.63, 3.8) is 0 Å². The van der Waals surface area contributed by atoms with Crippen molar-refractivity contribution < 1.29 is 19.4 Å². The number of ether oxygens (including phenoxy) is 1. The van der Waals surface area contributed by atoms with Crippen molar-refractivity contribution >= 4 is 12.1 Å². The standard InChI is InChI=1S/C15H22N4O4/c1-2-19-12-4-3-10(9-11(12)13(17-19)14(20)21)16-5-6-18-7-8-23-15(18)22/h10,16H,2-9H2,1H3,(H,20,21). The van der Waals surface area contributed by atoms with Gasteiger partial charge in [-0.25, -0.2) is 9.59 Å². The third kappa shape index (κ3) is 3.17. The Hall–Kier alpha value is -2.09. The summed E-state index contributed by atoms with van der Waals surface area (Å²) >= 11 is 0. The molecule has 1 aliphatic heterocycles. The van der Waals surface area contributed by atoms with Gasteiger partial charge in [0, 0.05) is 36.9 Å². The van der Waals surface area contributed by atoms with Gasteiger partial charge in [-0.15, -0.1) is 0 Å². The molecular formula is C15H22N4O4. The molecule has 1 aromatic heterocycles. The normalized spacial score (nSPS) is 20.5. The van der Waals surface area contributed by atoms with Crippen LogP contribution in [0.15, 0.2) is 0 Å². The lowest BCUT2D eigenvalue weighted by Crippen LogP contribution is -2.40. The van der Waals surface area contributed by atoms with Crippen molar-refractivity contribution in [1.29, 1.82) is 0 Å². The van der Waals surface area contributed by atoms with Gasteiger partial charge in [-0.3, -0.25) is 4.68 Å². The molecule has 1 unspecified atom stereocenters. The zero-order valence-corrected chi connectivity index (χ0v) is 13.2. The fourth-order valence-corrected chi connectivity index (χ4v) is 3.33. The lowest BCUT2D eigenvalue weighted by molar-refractivity contribution is 0.0688. The minimum Gasteiger partial charge on any atom is -0.476 e. The second kappa shape index (κ2) is 6.57. The maximum atomic E-state index is 11.4. The molecule has 3 rings (SSSR count). The Morgan fingerprint density at radius 3 is 3.00 bits per heavy atom. The average Bonchev–Trinajstić information content (AvgIpc) is 3.10. The van der Waals surface area contributed by atoms with Crippen LogP contribution < -0.4 is 5.32 Å². The second-order valence-corrected chi connectivity index (χ2v) is 5.89. The molecule has 0 aromatic carbocycles. The van der Waals surface area contributed by atoms with Gasteiger partial charge in [0.1, 0.15) is 6.61 Å². The largest absolute Gasteiger partial charge is 0.476 e. The lowest BCUT2D eigenvalue weighted by atomic mass is 9.91. The first-order chi connectivity index (χ1) is 11.1. The van der Waals surface area contributed by atoms with E-state index in [4.69, 9.17) is 4.74 Å². The summed E-state index contributed by atoms with van der Waals surface area (Å²) in [6, 6.07) is 0.216. The molecule has 8 heteroatoms. The van der Waals surface area contributed by atoms with Crippen LogP contribution in [0.25, 0.3) is 0 Å². The predicted octanol–water partition coefficient (Wildman–Crippen LogP) is 0.500. The summed E-state index contributed by atoms with van der Waals surface area (Å²) in [5.74, 6) is -0.964. The van der Waals surface area contributed by atoms with E-state index in [1.54, 1.807) is 9.58 Å². The number of aromatic nitrogens is 2. The van der Waals surface area contributed by atoms with E-state index in [0.717, 1.165) is 24.1 Å². The molecule has 0 saturated carbocycles. The maximum Gasteiger partial charge on any atom is 0.409 e. The molecule has 1 atom stereocenters. The third-order valence-electron chi connectivity index (χ3n) is 4.51. The van der Waals surface area contributed by atoms with E-state index < -0.39 is 5.97 Å². The summed E-state index contributed by atoms with van der Waals surface area (Å²) in [4.78, 5) is 24.4. The van der Waals surface area contributed by atoms with Crippen LogP contribution in [0.2, 0.25) is 0 Å². The summed E-state index contributed by atoms with van der Waals surface area (Å²) in [6.45, 7) is 5.05. The maximum absolute atomic E-state index is 11.4. The molecule has 2 aliphatic rings. The van der Waals surface area contributed by atoms with Crippen molar-refractivity contribution in [3.8, 4) is 0 Å². The predicted molar refractivity (Wildman–Crippen MR) is 81.6 cm³/mol. The quantitative estimate of drug-likeness (QED) is 0.792. The van der Waals surface area contributed by atoms with E-state index in [1.807, 2.05) is 6.92 Å². The SMILES string of the molecule is CCn1nc(C(=O)O)c2c1CCC(NCCN1CCOC1=O)C2.